The van der Waals surface area contributed by atoms with Crippen molar-refractivity contribution in [3.05, 3.63) is 58.6 Å². The Bertz CT molecular complexity index is 657. The number of benzene rings is 2. The van der Waals surface area contributed by atoms with E-state index in [2.05, 4.69) is 69.4 Å². The molecule has 134 valence electrons. The first kappa shape index (κ1) is 18.6. The quantitative estimate of drug-likeness (QED) is 0.681. The Hall–Kier alpha value is -1.16. The molecule has 2 aromatic carbocycles. The number of halogens is 1. The molecule has 0 bridgehead atoms. The van der Waals surface area contributed by atoms with Gasteiger partial charge in [-0.25, -0.2) is 0 Å². The highest BCUT2D eigenvalue weighted by molar-refractivity contribution is 9.10. The molecule has 0 radical (unpaired) electrons. The van der Waals surface area contributed by atoms with Crippen LogP contribution in [-0.4, -0.2) is 29.6 Å². The molecule has 1 atom stereocenters. The normalized spacial score (nSPS) is 18.0. The molecule has 0 spiro atoms. The van der Waals surface area contributed by atoms with Crippen LogP contribution >= 0.6 is 15.9 Å². The molecule has 3 heteroatoms. The van der Waals surface area contributed by atoms with E-state index in [0.717, 1.165) is 29.4 Å². The molecular weight excluding hydrogens is 374 g/mol. The van der Waals surface area contributed by atoms with Crippen LogP contribution in [-0.2, 0) is 5.60 Å². The summed E-state index contributed by atoms with van der Waals surface area (Å²) in [5, 5.41) is 10.9. The molecule has 1 aliphatic heterocycles. The second-order valence-electron chi connectivity index (χ2n) is 7.36. The second-order valence-corrected chi connectivity index (χ2v) is 8.28. The van der Waals surface area contributed by atoms with E-state index in [4.69, 9.17) is 0 Å². The second kappa shape index (κ2) is 8.48. The molecule has 1 N–H and O–H groups in total. The standard InChI is InChI=1S/C22H28BrNO/c1-22(25,14-5-17-24-15-3-2-4-16-24)20-10-6-18(7-11-20)19-8-12-21(23)13-9-19/h6-13,25H,2-5,14-17H2,1H3. The van der Waals surface area contributed by atoms with Gasteiger partial charge >= 0.3 is 0 Å². The van der Waals surface area contributed by atoms with E-state index in [1.807, 2.05) is 6.92 Å². The molecule has 0 saturated carbocycles. The Kier molecular flexibility index (Phi) is 6.32. The zero-order valence-corrected chi connectivity index (χ0v) is 16.6. The largest absolute Gasteiger partial charge is 0.385 e. The van der Waals surface area contributed by atoms with Crippen molar-refractivity contribution < 1.29 is 5.11 Å². The topological polar surface area (TPSA) is 23.5 Å². The van der Waals surface area contributed by atoms with E-state index in [0.29, 0.717) is 0 Å². The summed E-state index contributed by atoms with van der Waals surface area (Å²) in [5.41, 5.74) is 2.63. The molecular formula is C22H28BrNO. The van der Waals surface area contributed by atoms with Crippen molar-refractivity contribution in [3.63, 3.8) is 0 Å². The fourth-order valence-electron chi connectivity index (χ4n) is 3.64. The zero-order chi connectivity index (χ0) is 17.7. The Morgan fingerprint density at radius 1 is 0.920 bits per heavy atom. The predicted molar refractivity (Wildman–Crippen MR) is 109 cm³/mol. The smallest absolute Gasteiger partial charge is 0.0869 e. The monoisotopic (exact) mass is 401 g/mol. The third kappa shape index (κ3) is 5.16. The molecule has 1 fully saturated rings. The molecule has 2 nitrogen and oxygen atoms in total. The fourth-order valence-corrected chi connectivity index (χ4v) is 3.90. The lowest BCUT2D eigenvalue weighted by Gasteiger charge is -2.29. The number of likely N-dealkylation sites (tertiary alicyclic amines) is 1. The molecule has 1 saturated heterocycles. The molecule has 0 aromatic heterocycles. The zero-order valence-electron chi connectivity index (χ0n) is 15.0. The number of nitrogens with zero attached hydrogens (tertiary/aromatic N) is 1. The van der Waals surface area contributed by atoms with E-state index in [1.54, 1.807) is 0 Å². The van der Waals surface area contributed by atoms with E-state index in [9.17, 15) is 5.11 Å². The van der Waals surface area contributed by atoms with Crippen LogP contribution in [0.15, 0.2) is 53.0 Å². The van der Waals surface area contributed by atoms with Crippen molar-refractivity contribution in [1.29, 1.82) is 0 Å². The Labute approximate surface area is 160 Å². The van der Waals surface area contributed by atoms with Crippen molar-refractivity contribution in [2.75, 3.05) is 19.6 Å². The van der Waals surface area contributed by atoms with Gasteiger partial charge in [-0.15, -0.1) is 0 Å². The van der Waals surface area contributed by atoms with Gasteiger partial charge in [0.1, 0.15) is 0 Å². The van der Waals surface area contributed by atoms with E-state index >= 15 is 0 Å². The summed E-state index contributed by atoms with van der Waals surface area (Å²) in [6.07, 6.45) is 5.88. The van der Waals surface area contributed by atoms with Crippen molar-refractivity contribution >= 4 is 15.9 Å². The van der Waals surface area contributed by atoms with E-state index in [1.165, 1.54) is 43.5 Å². The minimum atomic E-state index is -0.756. The van der Waals surface area contributed by atoms with Crippen molar-refractivity contribution in [2.45, 2.75) is 44.6 Å². The average molecular weight is 402 g/mol. The molecule has 3 rings (SSSR count). The molecule has 0 aliphatic carbocycles. The van der Waals surface area contributed by atoms with Crippen LogP contribution in [0, 0.1) is 0 Å². The molecule has 2 aromatic rings. The molecule has 1 unspecified atom stereocenters. The minimum absolute atomic E-state index is 0.756. The Balaban J connectivity index is 1.58. The van der Waals surface area contributed by atoms with Gasteiger partial charge in [-0.3, -0.25) is 0 Å². The first-order chi connectivity index (χ1) is 12.0. The first-order valence-electron chi connectivity index (χ1n) is 9.36. The summed E-state index contributed by atoms with van der Waals surface area (Å²) in [6.45, 7) is 5.50. The predicted octanol–water partition coefficient (Wildman–Crippen LogP) is 5.59. The first-order valence-corrected chi connectivity index (χ1v) is 10.2. The molecule has 0 amide bonds. The van der Waals surface area contributed by atoms with Gasteiger partial charge in [0, 0.05) is 4.47 Å². The van der Waals surface area contributed by atoms with Crippen LogP contribution in [0.5, 0.6) is 0 Å². The number of piperidine rings is 1. The summed E-state index contributed by atoms with van der Waals surface area (Å²) >= 11 is 3.47. The van der Waals surface area contributed by atoms with Crippen LogP contribution in [0.2, 0.25) is 0 Å². The SMILES string of the molecule is CC(O)(CCCN1CCCCC1)c1ccc(-c2ccc(Br)cc2)cc1. The van der Waals surface area contributed by atoms with Crippen LogP contribution in [0.3, 0.4) is 0 Å². The van der Waals surface area contributed by atoms with Gasteiger partial charge in [-0.05, 0) is 81.1 Å². The fraction of sp³-hybridized carbons (Fsp3) is 0.455. The van der Waals surface area contributed by atoms with Gasteiger partial charge < -0.3 is 10.0 Å². The Morgan fingerprint density at radius 2 is 1.48 bits per heavy atom. The molecule has 25 heavy (non-hydrogen) atoms. The van der Waals surface area contributed by atoms with Crippen molar-refractivity contribution in [2.24, 2.45) is 0 Å². The highest BCUT2D eigenvalue weighted by Crippen LogP contribution is 2.29. The lowest BCUT2D eigenvalue weighted by Crippen LogP contribution is -2.32. The average Bonchev–Trinajstić information content (AvgIpc) is 2.63. The lowest BCUT2D eigenvalue weighted by atomic mass is 9.89. The number of aliphatic hydroxyl groups is 1. The van der Waals surface area contributed by atoms with Gasteiger partial charge in [0.2, 0.25) is 0 Å². The Morgan fingerprint density at radius 3 is 2.08 bits per heavy atom. The van der Waals surface area contributed by atoms with Gasteiger partial charge in [-0.1, -0.05) is 58.7 Å². The van der Waals surface area contributed by atoms with Gasteiger partial charge in [0.25, 0.3) is 0 Å². The van der Waals surface area contributed by atoms with Gasteiger partial charge in [0.15, 0.2) is 0 Å². The summed E-state index contributed by atoms with van der Waals surface area (Å²) in [6, 6.07) is 16.7. The lowest BCUT2D eigenvalue weighted by molar-refractivity contribution is 0.0416. The summed E-state index contributed by atoms with van der Waals surface area (Å²) in [4.78, 5) is 2.54. The van der Waals surface area contributed by atoms with Crippen LogP contribution < -0.4 is 0 Å². The molecule has 1 aliphatic rings. The maximum absolute atomic E-state index is 10.9. The van der Waals surface area contributed by atoms with E-state index in [-0.39, 0.29) is 0 Å². The van der Waals surface area contributed by atoms with Gasteiger partial charge in [0.05, 0.1) is 5.60 Å². The maximum atomic E-state index is 10.9. The summed E-state index contributed by atoms with van der Waals surface area (Å²) < 4.78 is 1.09. The molecule has 1 heterocycles. The van der Waals surface area contributed by atoms with Crippen LogP contribution in [0.4, 0.5) is 0 Å². The van der Waals surface area contributed by atoms with E-state index < -0.39 is 5.60 Å². The number of hydrogen-bond donors (Lipinski definition) is 1. The summed E-state index contributed by atoms with van der Waals surface area (Å²) in [7, 11) is 0. The highest BCUT2D eigenvalue weighted by Gasteiger charge is 2.23. The van der Waals surface area contributed by atoms with Crippen molar-refractivity contribution in [3.8, 4) is 11.1 Å². The van der Waals surface area contributed by atoms with Crippen molar-refractivity contribution in [1.82, 2.24) is 4.90 Å². The summed E-state index contributed by atoms with van der Waals surface area (Å²) in [5.74, 6) is 0. The third-order valence-electron chi connectivity index (χ3n) is 5.27. The van der Waals surface area contributed by atoms with Gasteiger partial charge in [-0.2, -0.15) is 0 Å². The highest BCUT2D eigenvalue weighted by atomic mass is 79.9. The maximum Gasteiger partial charge on any atom is 0.0869 e. The van der Waals surface area contributed by atoms with Crippen LogP contribution in [0.25, 0.3) is 11.1 Å². The minimum Gasteiger partial charge on any atom is -0.385 e. The van der Waals surface area contributed by atoms with Crippen LogP contribution in [0.1, 0.15) is 44.6 Å². The number of hydrogen-bond acceptors (Lipinski definition) is 2. The third-order valence-corrected chi connectivity index (χ3v) is 5.80. The number of rotatable bonds is 6.